The van der Waals surface area contributed by atoms with Crippen molar-refractivity contribution in [3.05, 3.63) is 64.1 Å². The van der Waals surface area contributed by atoms with Crippen LogP contribution in [0.3, 0.4) is 0 Å². The summed E-state index contributed by atoms with van der Waals surface area (Å²) in [4.78, 5) is 29.0. The normalized spacial score (nSPS) is 18.6. The fraction of sp³-hybridized carbons (Fsp3) is 0.286. The Hall–Kier alpha value is -2.32. The van der Waals surface area contributed by atoms with Crippen LogP contribution in [0.15, 0.2) is 58.0 Å². The van der Waals surface area contributed by atoms with Gasteiger partial charge in [0.2, 0.25) is 5.91 Å². The average Bonchev–Trinajstić information content (AvgIpc) is 2.68. The molecule has 0 radical (unpaired) electrons. The van der Waals surface area contributed by atoms with Gasteiger partial charge in [-0.3, -0.25) is 14.6 Å². The summed E-state index contributed by atoms with van der Waals surface area (Å²) in [7, 11) is 0. The maximum atomic E-state index is 12.3. The molecule has 0 saturated carbocycles. The Kier molecular flexibility index (Phi) is 6.97. The molecule has 152 valence electrons. The highest BCUT2D eigenvalue weighted by Gasteiger charge is 2.29. The monoisotopic (exact) mass is 474 g/mol. The van der Waals surface area contributed by atoms with Gasteiger partial charge in [0.15, 0.2) is 5.17 Å². The van der Waals surface area contributed by atoms with E-state index in [0.717, 1.165) is 22.2 Å². The minimum Gasteiger partial charge on any atom is -0.379 e. The summed E-state index contributed by atoms with van der Waals surface area (Å²) in [6, 6.07) is 14.7. The zero-order valence-electron chi connectivity index (χ0n) is 16.1. The summed E-state index contributed by atoms with van der Waals surface area (Å²) in [6.07, 6.45) is 1.07. The van der Waals surface area contributed by atoms with Gasteiger partial charge in [0.1, 0.15) is 0 Å². The SMILES string of the molecule is CC1(c2cccc(NC(=O)CCNC(=O)c3ccc(Br)cc3)c2)CCSC(N)=N1. The number of aliphatic imine (C=N–C) groups is 1. The van der Waals surface area contributed by atoms with Gasteiger partial charge in [-0.25, -0.2) is 0 Å². The number of nitrogens with two attached hydrogens (primary N) is 1. The molecule has 0 saturated heterocycles. The Labute approximate surface area is 182 Å². The predicted octanol–water partition coefficient (Wildman–Crippen LogP) is 3.87. The van der Waals surface area contributed by atoms with Crippen LogP contribution in [0.25, 0.3) is 0 Å². The Bertz CT molecular complexity index is 933. The van der Waals surface area contributed by atoms with Gasteiger partial charge < -0.3 is 16.4 Å². The van der Waals surface area contributed by atoms with Crippen molar-refractivity contribution < 1.29 is 9.59 Å². The average molecular weight is 475 g/mol. The second-order valence-electron chi connectivity index (χ2n) is 6.96. The van der Waals surface area contributed by atoms with E-state index < -0.39 is 0 Å². The molecule has 0 aromatic heterocycles. The number of thioether (sulfide) groups is 1. The zero-order valence-corrected chi connectivity index (χ0v) is 18.5. The molecule has 3 rings (SSSR count). The first-order valence-electron chi connectivity index (χ1n) is 9.28. The molecule has 2 aromatic carbocycles. The number of anilines is 1. The number of nitrogens with one attached hydrogen (secondary N) is 2. The summed E-state index contributed by atoms with van der Waals surface area (Å²) < 4.78 is 0.907. The van der Waals surface area contributed by atoms with E-state index in [1.165, 1.54) is 0 Å². The first-order valence-corrected chi connectivity index (χ1v) is 11.1. The lowest BCUT2D eigenvalue weighted by atomic mass is 9.89. The fourth-order valence-electron chi connectivity index (χ4n) is 3.04. The Morgan fingerprint density at radius 1 is 1.24 bits per heavy atom. The molecular weight excluding hydrogens is 452 g/mol. The molecule has 1 unspecified atom stereocenters. The maximum Gasteiger partial charge on any atom is 0.251 e. The van der Waals surface area contributed by atoms with Gasteiger partial charge in [-0.1, -0.05) is 39.8 Å². The second kappa shape index (κ2) is 9.45. The third kappa shape index (κ3) is 5.83. The van der Waals surface area contributed by atoms with Crippen LogP contribution in [0.5, 0.6) is 0 Å². The van der Waals surface area contributed by atoms with Crippen LogP contribution >= 0.6 is 27.7 Å². The van der Waals surface area contributed by atoms with Gasteiger partial charge in [0.05, 0.1) is 5.54 Å². The minimum atomic E-state index is -0.380. The lowest BCUT2D eigenvalue weighted by Gasteiger charge is -2.30. The Morgan fingerprint density at radius 2 is 2.00 bits per heavy atom. The van der Waals surface area contributed by atoms with Crippen molar-refractivity contribution in [3.8, 4) is 0 Å². The molecule has 0 bridgehead atoms. The van der Waals surface area contributed by atoms with E-state index >= 15 is 0 Å². The smallest absolute Gasteiger partial charge is 0.251 e. The zero-order chi connectivity index (χ0) is 20.9. The van der Waals surface area contributed by atoms with Gasteiger partial charge in [0.25, 0.3) is 5.91 Å². The number of amidine groups is 1. The van der Waals surface area contributed by atoms with Crippen LogP contribution in [0.2, 0.25) is 0 Å². The summed E-state index contributed by atoms with van der Waals surface area (Å²) >= 11 is 4.90. The maximum absolute atomic E-state index is 12.3. The van der Waals surface area contributed by atoms with Crippen LogP contribution < -0.4 is 16.4 Å². The summed E-state index contributed by atoms with van der Waals surface area (Å²) in [5.74, 6) is 0.553. The van der Waals surface area contributed by atoms with Gasteiger partial charge in [-0.05, 0) is 55.3 Å². The highest BCUT2D eigenvalue weighted by atomic mass is 79.9. The van der Waals surface area contributed by atoms with E-state index in [1.54, 1.807) is 36.0 Å². The molecule has 1 aliphatic rings. The van der Waals surface area contributed by atoms with E-state index in [1.807, 2.05) is 24.3 Å². The van der Waals surface area contributed by atoms with Crippen LogP contribution in [0.4, 0.5) is 5.69 Å². The van der Waals surface area contributed by atoms with Gasteiger partial charge in [0, 0.05) is 34.4 Å². The van der Waals surface area contributed by atoms with Gasteiger partial charge >= 0.3 is 0 Å². The first-order chi connectivity index (χ1) is 13.9. The molecular formula is C21H23BrN4O2S. The number of nitrogens with zero attached hydrogens (tertiary/aromatic N) is 1. The molecule has 1 heterocycles. The number of hydrogen-bond donors (Lipinski definition) is 3. The molecule has 0 fully saturated rings. The Morgan fingerprint density at radius 3 is 2.72 bits per heavy atom. The van der Waals surface area contributed by atoms with E-state index in [9.17, 15) is 9.59 Å². The van der Waals surface area contributed by atoms with Crippen molar-refractivity contribution in [1.82, 2.24) is 5.32 Å². The third-order valence-electron chi connectivity index (χ3n) is 4.71. The van der Waals surface area contributed by atoms with Crippen molar-refractivity contribution in [2.45, 2.75) is 25.3 Å². The number of benzene rings is 2. The van der Waals surface area contributed by atoms with Gasteiger partial charge in [-0.15, -0.1) is 0 Å². The van der Waals surface area contributed by atoms with E-state index in [0.29, 0.717) is 16.4 Å². The largest absolute Gasteiger partial charge is 0.379 e. The van der Waals surface area contributed by atoms with Crippen LogP contribution in [-0.4, -0.2) is 29.3 Å². The van der Waals surface area contributed by atoms with Gasteiger partial charge in [-0.2, -0.15) is 0 Å². The molecule has 29 heavy (non-hydrogen) atoms. The molecule has 2 amide bonds. The van der Waals surface area contributed by atoms with E-state index in [-0.39, 0.29) is 30.3 Å². The lowest BCUT2D eigenvalue weighted by molar-refractivity contribution is -0.116. The van der Waals surface area contributed by atoms with Crippen molar-refractivity contribution in [3.63, 3.8) is 0 Å². The second-order valence-corrected chi connectivity index (χ2v) is 9.00. The number of carbonyl (C=O) groups is 2. The van der Waals surface area contributed by atoms with Crippen molar-refractivity contribution in [2.24, 2.45) is 10.7 Å². The minimum absolute atomic E-state index is 0.161. The molecule has 6 nitrogen and oxygen atoms in total. The van der Waals surface area contributed by atoms with Crippen molar-refractivity contribution >= 4 is 50.4 Å². The van der Waals surface area contributed by atoms with Crippen molar-refractivity contribution in [2.75, 3.05) is 17.6 Å². The predicted molar refractivity (Wildman–Crippen MR) is 122 cm³/mol. The van der Waals surface area contributed by atoms with Crippen LogP contribution in [0, 0.1) is 0 Å². The van der Waals surface area contributed by atoms with Crippen molar-refractivity contribution in [1.29, 1.82) is 0 Å². The lowest BCUT2D eigenvalue weighted by Crippen LogP contribution is -2.29. The number of hydrogen-bond acceptors (Lipinski definition) is 5. The molecule has 2 aromatic rings. The molecule has 1 aliphatic heterocycles. The molecule has 0 aliphatic carbocycles. The molecule has 0 spiro atoms. The number of rotatable bonds is 6. The summed E-state index contributed by atoms with van der Waals surface area (Å²) in [5, 5.41) is 6.24. The van der Waals surface area contributed by atoms with Crippen LogP contribution in [0.1, 0.15) is 35.7 Å². The topological polar surface area (TPSA) is 96.6 Å². The summed E-state index contributed by atoms with van der Waals surface area (Å²) in [5.41, 5.74) is 7.80. The number of halogens is 1. The Balaban J connectivity index is 1.54. The third-order valence-corrected chi connectivity index (χ3v) is 6.03. The molecule has 4 N–H and O–H groups in total. The number of carbonyl (C=O) groups excluding carboxylic acids is 2. The fourth-order valence-corrected chi connectivity index (χ4v) is 4.28. The standard InChI is InChI=1S/C21H23BrN4O2S/c1-21(10-12-29-20(23)26-21)15-3-2-4-17(13-15)25-18(27)9-11-24-19(28)14-5-7-16(22)8-6-14/h2-8,13H,9-12H2,1H3,(H2,23,26)(H,24,28)(H,25,27). The van der Waals surface area contributed by atoms with Crippen LogP contribution in [-0.2, 0) is 10.3 Å². The molecule has 8 heteroatoms. The number of amides is 2. The van der Waals surface area contributed by atoms with E-state index in [4.69, 9.17) is 5.73 Å². The highest BCUT2D eigenvalue weighted by Crippen LogP contribution is 2.35. The molecule has 1 atom stereocenters. The highest BCUT2D eigenvalue weighted by molar-refractivity contribution is 9.10. The quantitative estimate of drug-likeness (QED) is 0.591. The summed E-state index contributed by atoms with van der Waals surface area (Å²) in [6.45, 7) is 2.31. The van der Waals surface area contributed by atoms with E-state index in [2.05, 4.69) is 38.5 Å². The first kappa shape index (κ1) is 21.4.